The minimum absolute atomic E-state index is 0.0209. The van der Waals surface area contributed by atoms with Crippen molar-refractivity contribution in [3.63, 3.8) is 0 Å². The fraction of sp³-hybridized carbons (Fsp3) is 0.429. The SMILES string of the molecule is Fc1ccc([C@@H]2C[C@@H](C(F)(F)F)CCN2[C@H]2CCOc3cc(Br)c(F)cc32)cc1. The van der Waals surface area contributed by atoms with Crippen molar-refractivity contribution in [3.8, 4) is 5.75 Å². The molecule has 0 saturated carbocycles. The number of likely N-dealkylation sites (tertiary alicyclic amines) is 1. The molecule has 0 spiro atoms. The van der Waals surface area contributed by atoms with Gasteiger partial charge in [0.25, 0.3) is 0 Å². The van der Waals surface area contributed by atoms with Crippen LogP contribution in [-0.2, 0) is 0 Å². The molecule has 0 aromatic heterocycles. The molecule has 2 heterocycles. The second-order valence-electron chi connectivity index (χ2n) is 7.53. The first kappa shape index (κ1) is 20.6. The Balaban J connectivity index is 1.72. The second-order valence-corrected chi connectivity index (χ2v) is 8.38. The molecule has 29 heavy (non-hydrogen) atoms. The minimum Gasteiger partial charge on any atom is -0.493 e. The zero-order valence-corrected chi connectivity index (χ0v) is 16.9. The van der Waals surface area contributed by atoms with E-state index in [-0.39, 0.29) is 29.9 Å². The quantitative estimate of drug-likeness (QED) is 0.455. The lowest BCUT2D eigenvalue weighted by Crippen LogP contribution is -2.44. The van der Waals surface area contributed by atoms with E-state index in [1.807, 2.05) is 4.90 Å². The molecule has 0 bridgehead atoms. The van der Waals surface area contributed by atoms with Crippen molar-refractivity contribution < 1.29 is 26.7 Å². The van der Waals surface area contributed by atoms with Crippen LogP contribution in [0.4, 0.5) is 22.0 Å². The van der Waals surface area contributed by atoms with Crippen LogP contribution >= 0.6 is 15.9 Å². The van der Waals surface area contributed by atoms with E-state index in [0.29, 0.717) is 29.9 Å². The van der Waals surface area contributed by atoms with Gasteiger partial charge in [0.2, 0.25) is 0 Å². The molecule has 1 fully saturated rings. The smallest absolute Gasteiger partial charge is 0.391 e. The highest BCUT2D eigenvalue weighted by Crippen LogP contribution is 2.48. The predicted octanol–water partition coefficient (Wildman–Crippen LogP) is 6.57. The summed E-state index contributed by atoms with van der Waals surface area (Å²) in [5.74, 6) is -1.77. The van der Waals surface area contributed by atoms with E-state index in [4.69, 9.17) is 4.74 Å². The Morgan fingerprint density at radius 2 is 1.72 bits per heavy atom. The van der Waals surface area contributed by atoms with Gasteiger partial charge in [0, 0.05) is 24.1 Å². The Kier molecular flexibility index (Phi) is 5.59. The summed E-state index contributed by atoms with van der Waals surface area (Å²) in [5, 5.41) is 0. The van der Waals surface area contributed by atoms with Gasteiger partial charge < -0.3 is 4.74 Å². The van der Waals surface area contributed by atoms with Crippen molar-refractivity contribution in [1.82, 2.24) is 4.90 Å². The number of alkyl halides is 3. The first-order chi connectivity index (χ1) is 13.7. The van der Waals surface area contributed by atoms with Crippen LogP contribution in [-0.4, -0.2) is 24.2 Å². The van der Waals surface area contributed by atoms with Gasteiger partial charge in [-0.1, -0.05) is 12.1 Å². The number of rotatable bonds is 2. The molecule has 4 rings (SSSR count). The summed E-state index contributed by atoms with van der Waals surface area (Å²) in [6.45, 7) is 0.610. The Morgan fingerprint density at radius 3 is 2.41 bits per heavy atom. The van der Waals surface area contributed by atoms with Crippen LogP contribution in [0, 0.1) is 17.6 Å². The molecule has 3 atom stereocenters. The maximum Gasteiger partial charge on any atom is 0.391 e. The topological polar surface area (TPSA) is 12.5 Å². The largest absolute Gasteiger partial charge is 0.493 e. The standard InChI is InChI=1S/C21H19BrF5NO/c22-16-11-20-15(10-17(16)24)18(6-8-29-20)28-7-5-13(21(25,26)27)9-19(28)12-1-3-14(23)4-2-12/h1-4,10-11,13,18-19H,5-9H2/t13-,18-,19-/m0/s1. The maximum atomic E-state index is 14.2. The molecule has 2 aromatic carbocycles. The highest BCUT2D eigenvalue weighted by atomic mass is 79.9. The molecule has 0 N–H and O–H groups in total. The molecule has 0 amide bonds. The molecule has 0 aliphatic carbocycles. The molecular formula is C21H19BrF5NO. The van der Waals surface area contributed by atoms with Gasteiger partial charge in [0.15, 0.2) is 0 Å². The summed E-state index contributed by atoms with van der Waals surface area (Å²) in [7, 11) is 0. The Hall–Kier alpha value is -1.67. The average Bonchev–Trinajstić information content (AvgIpc) is 2.68. The first-order valence-corrected chi connectivity index (χ1v) is 10.2. The summed E-state index contributed by atoms with van der Waals surface area (Å²) in [6.07, 6.45) is -3.87. The van der Waals surface area contributed by atoms with Crippen LogP contribution in [0.1, 0.15) is 42.5 Å². The summed E-state index contributed by atoms with van der Waals surface area (Å²) >= 11 is 3.15. The molecule has 0 radical (unpaired) electrons. The van der Waals surface area contributed by atoms with E-state index in [0.717, 1.165) is 0 Å². The van der Waals surface area contributed by atoms with E-state index < -0.39 is 29.8 Å². The Labute approximate surface area is 173 Å². The number of hydrogen-bond acceptors (Lipinski definition) is 2. The van der Waals surface area contributed by atoms with E-state index in [9.17, 15) is 22.0 Å². The Morgan fingerprint density at radius 1 is 1.00 bits per heavy atom. The van der Waals surface area contributed by atoms with Crippen molar-refractivity contribution >= 4 is 15.9 Å². The van der Waals surface area contributed by atoms with Crippen molar-refractivity contribution in [2.24, 2.45) is 5.92 Å². The van der Waals surface area contributed by atoms with Gasteiger partial charge >= 0.3 is 6.18 Å². The van der Waals surface area contributed by atoms with Gasteiger partial charge in [-0.25, -0.2) is 8.78 Å². The lowest BCUT2D eigenvalue weighted by Gasteiger charge is -2.46. The molecule has 0 unspecified atom stereocenters. The number of piperidine rings is 1. The molecule has 2 aliphatic heterocycles. The van der Waals surface area contributed by atoms with E-state index >= 15 is 0 Å². The lowest BCUT2D eigenvalue weighted by atomic mass is 9.84. The van der Waals surface area contributed by atoms with E-state index in [1.54, 1.807) is 6.07 Å². The van der Waals surface area contributed by atoms with Crippen molar-refractivity contribution in [2.75, 3.05) is 13.2 Å². The van der Waals surface area contributed by atoms with Gasteiger partial charge in [-0.3, -0.25) is 4.90 Å². The highest BCUT2D eigenvalue weighted by Gasteiger charge is 2.46. The molecule has 8 heteroatoms. The third kappa shape index (κ3) is 4.14. The summed E-state index contributed by atoms with van der Waals surface area (Å²) in [6, 6.07) is 7.73. The lowest BCUT2D eigenvalue weighted by molar-refractivity contribution is -0.192. The van der Waals surface area contributed by atoms with E-state index in [1.165, 1.54) is 30.3 Å². The normalized spacial score (nSPS) is 25.4. The molecule has 1 saturated heterocycles. The molecule has 2 aliphatic rings. The number of benzene rings is 2. The van der Waals surface area contributed by atoms with Gasteiger partial charge in [-0.15, -0.1) is 0 Å². The molecule has 2 nitrogen and oxygen atoms in total. The van der Waals surface area contributed by atoms with Gasteiger partial charge in [-0.05, 0) is 65.1 Å². The number of fused-ring (bicyclic) bond motifs is 1. The number of nitrogens with zero attached hydrogens (tertiary/aromatic N) is 1. The van der Waals surface area contributed by atoms with Gasteiger partial charge in [0.1, 0.15) is 17.4 Å². The Bertz CT molecular complexity index is 886. The molecule has 156 valence electrons. The van der Waals surface area contributed by atoms with Crippen molar-refractivity contribution in [1.29, 1.82) is 0 Å². The third-order valence-electron chi connectivity index (χ3n) is 5.82. The average molecular weight is 476 g/mol. The van der Waals surface area contributed by atoms with Crippen LogP contribution in [0.15, 0.2) is 40.9 Å². The summed E-state index contributed by atoms with van der Waals surface area (Å²) in [5.41, 5.74) is 1.26. The molecule has 2 aromatic rings. The van der Waals surface area contributed by atoms with Crippen LogP contribution in [0.25, 0.3) is 0 Å². The number of hydrogen-bond donors (Lipinski definition) is 0. The summed E-state index contributed by atoms with van der Waals surface area (Å²) < 4.78 is 73.9. The highest BCUT2D eigenvalue weighted by molar-refractivity contribution is 9.10. The predicted molar refractivity (Wildman–Crippen MR) is 102 cm³/mol. The second kappa shape index (κ2) is 7.87. The minimum atomic E-state index is -4.28. The van der Waals surface area contributed by atoms with Crippen molar-refractivity contribution in [2.45, 2.75) is 37.5 Å². The number of ether oxygens (including phenoxy) is 1. The zero-order valence-electron chi connectivity index (χ0n) is 15.4. The van der Waals surface area contributed by atoms with Crippen LogP contribution < -0.4 is 4.74 Å². The summed E-state index contributed by atoms with van der Waals surface area (Å²) in [4.78, 5) is 1.99. The van der Waals surface area contributed by atoms with Crippen LogP contribution in [0.5, 0.6) is 5.75 Å². The first-order valence-electron chi connectivity index (χ1n) is 9.43. The van der Waals surface area contributed by atoms with Crippen molar-refractivity contribution in [3.05, 3.63) is 63.6 Å². The third-order valence-corrected chi connectivity index (χ3v) is 6.43. The van der Waals surface area contributed by atoms with Gasteiger partial charge in [-0.2, -0.15) is 13.2 Å². The zero-order chi connectivity index (χ0) is 20.8. The van der Waals surface area contributed by atoms with Crippen LogP contribution in [0.2, 0.25) is 0 Å². The maximum absolute atomic E-state index is 14.2. The van der Waals surface area contributed by atoms with E-state index in [2.05, 4.69) is 15.9 Å². The molecular weight excluding hydrogens is 457 g/mol. The fourth-order valence-electron chi connectivity index (χ4n) is 4.38. The monoisotopic (exact) mass is 475 g/mol. The van der Waals surface area contributed by atoms with Crippen LogP contribution in [0.3, 0.4) is 0 Å². The number of halogens is 6. The van der Waals surface area contributed by atoms with Gasteiger partial charge in [0.05, 0.1) is 17.0 Å². The fourth-order valence-corrected chi connectivity index (χ4v) is 4.70.